The SMILES string of the molecule is COC(=O)N[C@H](C(=O)N[C@@H](Cc1ccc(-c2cccnc2)cc1)C[C@H](O)[C@H](Cc1ccccc1)NC(=O)O)C(C)(C)C. The molecule has 10 heteroatoms. The molecule has 0 fully saturated rings. The highest BCUT2D eigenvalue weighted by Crippen LogP contribution is 2.22. The number of hydrogen-bond donors (Lipinski definition) is 5. The number of amides is 3. The number of rotatable bonds is 12. The number of methoxy groups -OCH3 is 1. The molecule has 0 aliphatic rings. The van der Waals surface area contributed by atoms with Crippen LogP contribution < -0.4 is 16.0 Å². The van der Waals surface area contributed by atoms with E-state index < -0.39 is 47.7 Å². The maximum Gasteiger partial charge on any atom is 0.407 e. The number of ether oxygens (including phenoxy) is 1. The molecule has 0 bridgehead atoms. The number of alkyl carbamates (subject to hydrolysis) is 1. The predicted octanol–water partition coefficient (Wildman–Crippen LogP) is 4.18. The molecule has 224 valence electrons. The first-order valence-corrected chi connectivity index (χ1v) is 13.8. The largest absolute Gasteiger partial charge is 0.465 e. The third-order valence-electron chi connectivity index (χ3n) is 6.95. The summed E-state index contributed by atoms with van der Waals surface area (Å²) >= 11 is 0. The molecule has 1 heterocycles. The summed E-state index contributed by atoms with van der Waals surface area (Å²) in [5.41, 5.74) is 3.06. The van der Waals surface area contributed by atoms with Gasteiger partial charge in [0.05, 0.1) is 19.3 Å². The number of nitrogens with one attached hydrogen (secondary N) is 3. The van der Waals surface area contributed by atoms with Crippen LogP contribution in [0.5, 0.6) is 0 Å². The minimum Gasteiger partial charge on any atom is -0.465 e. The lowest BCUT2D eigenvalue weighted by molar-refractivity contribution is -0.126. The molecule has 0 saturated carbocycles. The van der Waals surface area contributed by atoms with Gasteiger partial charge in [0.15, 0.2) is 0 Å². The van der Waals surface area contributed by atoms with Crippen molar-refractivity contribution in [3.05, 3.63) is 90.3 Å². The summed E-state index contributed by atoms with van der Waals surface area (Å²) in [4.78, 5) is 41.3. The fraction of sp³-hybridized carbons (Fsp3) is 0.375. The molecule has 0 aliphatic carbocycles. The second-order valence-corrected chi connectivity index (χ2v) is 11.3. The van der Waals surface area contributed by atoms with Gasteiger partial charge in [-0.25, -0.2) is 9.59 Å². The average molecular weight is 577 g/mol. The minimum absolute atomic E-state index is 0.0585. The Labute approximate surface area is 246 Å². The van der Waals surface area contributed by atoms with E-state index in [2.05, 4.69) is 20.9 Å². The van der Waals surface area contributed by atoms with E-state index in [1.807, 2.05) is 87.5 Å². The molecular formula is C32H40N4O6. The van der Waals surface area contributed by atoms with Gasteiger partial charge >= 0.3 is 12.2 Å². The van der Waals surface area contributed by atoms with E-state index in [-0.39, 0.29) is 12.8 Å². The zero-order valence-electron chi connectivity index (χ0n) is 24.4. The second-order valence-electron chi connectivity index (χ2n) is 11.3. The standard InChI is InChI=1S/C32H40N4O6/c1-32(2,3)28(36-31(41)42-4)29(38)34-25(17-22-12-14-23(15-13-22)24-11-8-16-33-20-24)19-27(37)26(35-30(39)40)18-21-9-6-5-7-10-21/h5-16,20,25-28,35,37H,17-19H2,1-4H3,(H,34,38)(H,36,41)(H,39,40)/t25-,26-,27-,28+/m0/s1. The first-order chi connectivity index (χ1) is 20.0. The van der Waals surface area contributed by atoms with Crippen molar-refractivity contribution in [3.8, 4) is 11.1 Å². The zero-order valence-corrected chi connectivity index (χ0v) is 24.4. The molecule has 0 saturated heterocycles. The number of aromatic nitrogens is 1. The molecule has 4 atom stereocenters. The van der Waals surface area contributed by atoms with Crippen molar-refractivity contribution in [3.63, 3.8) is 0 Å². The van der Waals surface area contributed by atoms with Gasteiger partial charge in [0, 0.05) is 18.4 Å². The Morgan fingerprint density at radius 2 is 1.52 bits per heavy atom. The third kappa shape index (κ3) is 9.88. The van der Waals surface area contributed by atoms with Crippen LogP contribution in [0, 0.1) is 5.41 Å². The maximum absolute atomic E-state index is 13.5. The molecule has 2 aromatic carbocycles. The molecule has 1 aromatic heterocycles. The Hall–Kier alpha value is -4.44. The van der Waals surface area contributed by atoms with Crippen molar-refractivity contribution < 1.29 is 29.3 Å². The zero-order chi connectivity index (χ0) is 30.7. The van der Waals surface area contributed by atoms with Crippen molar-refractivity contribution in [2.45, 2.75) is 64.3 Å². The summed E-state index contributed by atoms with van der Waals surface area (Å²) in [6.07, 6.45) is 1.06. The molecule has 3 aromatic rings. The Morgan fingerprint density at radius 3 is 2.10 bits per heavy atom. The Bertz CT molecular complexity index is 1300. The fourth-order valence-electron chi connectivity index (χ4n) is 4.75. The van der Waals surface area contributed by atoms with E-state index in [1.54, 1.807) is 12.4 Å². The number of carbonyl (C=O) groups is 3. The number of aliphatic hydroxyl groups excluding tert-OH is 1. The summed E-state index contributed by atoms with van der Waals surface area (Å²) < 4.78 is 4.73. The van der Waals surface area contributed by atoms with E-state index in [1.165, 1.54) is 7.11 Å². The molecule has 3 rings (SSSR count). The lowest BCUT2D eigenvalue weighted by atomic mass is 9.85. The smallest absolute Gasteiger partial charge is 0.407 e. The van der Waals surface area contributed by atoms with Crippen LogP contribution in [0.25, 0.3) is 11.1 Å². The molecule has 3 amide bonds. The van der Waals surface area contributed by atoms with Crippen LogP contribution in [0.4, 0.5) is 9.59 Å². The summed E-state index contributed by atoms with van der Waals surface area (Å²) in [6.45, 7) is 5.46. The quantitative estimate of drug-likeness (QED) is 0.217. The van der Waals surface area contributed by atoms with Crippen molar-refractivity contribution in [2.24, 2.45) is 5.41 Å². The van der Waals surface area contributed by atoms with Gasteiger partial charge < -0.3 is 30.9 Å². The Morgan fingerprint density at radius 1 is 0.857 bits per heavy atom. The van der Waals surface area contributed by atoms with Crippen molar-refractivity contribution in [1.29, 1.82) is 0 Å². The second kappa shape index (κ2) is 15.0. The van der Waals surface area contributed by atoms with Crippen LogP contribution in [0.15, 0.2) is 79.1 Å². The lowest BCUT2D eigenvalue weighted by Crippen LogP contribution is -2.56. The summed E-state index contributed by atoms with van der Waals surface area (Å²) in [6, 6.07) is 18.6. The molecule has 5 N–H and O–H groups in total. The molecule has 0 spiro atoms. The van der Waals surface area contributed by atoms with E-state index in [0.717, 1.165) is 22.3 Å². The van der Waals surface area contributed by atoms with E-state index in [0.29, 0.717) is 6.42 Å². The number of nitrogens with zero attached hydrogens (tertiary/aromatic N) is 1. The number of pyridine rings is 1. The number of aliphatic hydroxyl groups is 1. The van der Waals surface area contributed by atoms with Crippen LogP contribution in [-0.2, 0) is 22.4 Å². The van der Waals surface area contributed by atoms with Gasteiger partial charge in [-0.3, -0.25) is 9.78 Å². The Balaban J connectivity index is 1.85. The van der Waals surface area contributed by atoms with Crippen LogP contribution >= 0.6 is 0 Å². The molecular weight excluding hydrogens is 536 g/mol. The van der Waals surface area contributed by atoms with Gasteiger partial charge in [0.2, 0.25) is 5.91 Å². The van der Waals surface area contributed by atoms with Gasteiger partial charge in [-0.15, -0.1) is 0 Å². The topological polar surface area (TPSA) is 150 Å². The van der Waals surface area contributed by atoms with E-state index in [9.17, 15) is 24.6 Å². The average Bonchev–Trinajstić information content (AvgIpc) is 2.95. The van der Waals surface area contributed by atoms with Crippen LogP contribution in [0.2, 0.25) is 0 Å². The molecule has 0 unspecified atom stereocenters. The monoisotopic (exact) mass is 576 g/mol. The number of benzene rings is 2. The number of carboxylic acid groups (broad SMARTS) is 1. The lowest BCUT2D eigenvalue weighted by Gasteiger charge is -2.33. The molecule has 0 aliphatic heterocycles. The molecule has 42 heavy (non-hydrogen) atoms. The predicted molar refractivity (Wildman–Crippen MR) is 160 cm³/mol. The summed E-state index contributed by atoms with van der Waals surface area (Å²) in [7, 11) is 1.23. The van der Waals surface area contributed by atoms with Crippen molar-refractivity contribution in [1.82, 2.24) is 20.9 Å². The van der Waals surface area contributed by atoms with Gasteiger partial charge in [-0.05, 0) is 53.0 Å². The van der Waals surface area contributed by atoms with E-state index in [4.69, 9.17) is 4.74 Å². The number of carbonyl (C=O) groups excluding carboxylic acids is 2. The van der Waals surface area contributed by atoms with Gasteiger partial charge in [0.25, 0.3) is 0 Å². The summed E-state index contributed by atoms with van der Waals surface area (Å²) in [5, 5.41) is 28.8. The molecule has 0 radical (unpaired) electrons. The summed E-state index contributed by atoms with van der Waals surface area (Å²) in [5.74, 6) is -0.442. The van der Waals surface area contributed by atoms with Gasteiger partial charge in [0.1, 0.15) is 6.04 Å². The van der Waals surface area contributed by atoms with Gasteiger partial charge in [-0.1, -0.05) is 81.4 Å². The van der Waals surface area contributed by atoms with Crippen LogP contribution in [0.1, 0.15) is 38.3 Å². The van der Waals surface area contributed by atoms with Gasteiger partial charge in [-0.2, -0.15) is 0 Å². The fourth-order valence-corrected chi connectivity index (χ4v) is 4.75. The first kappa shape index (κ1) is 32.1. The normalized spacial score (nSPS) is 14.1. The maximum atomic E-state index is 13.5. The highest BCUT2D eigenvalue weighted by Gasteiger charge is 2.35. The first-order valence-electron chi connectivity index (χ1n) is 13.8. The van der Waals surface area contributed by atoms with Crippen LogP contribution in [-0.4, -0.2) is 64.6 Å². The number of hydrogen-bond acceptors (Lipinski definition) is 6. The van der Waals surface area contributed by atoms with Crippen molar-refractivity contribution in [2.75, 3.05) is 7.11 Å². The van der Waals surface area contributed by atoms with Crippen LogP contribution in [0.3, 0.4) is 0 Å². The molecule has 10 nitrogen and oxygen atoms in total. The van der Waals surface area contributed by atoms with E-state index >= 15 is 0 Å². The minimum atomic E-state index is -1.25. The van der Waals surface area contributed by atoms with Crippen molar-refractivity contribution >= 4 is 18.1 Å². The Kier molecular flexibility index (Phi) is 11.4. The highest BCUT2D eigenvalue weighted by atomic mass is 16.5. The highest BCUT2D eigenvalue weighted by molar-refractivity contribution is 5.86. The third-order valence-corrected chi connectivity index (χ3v) is 6.95.